The lowest BCUT2D eigenvalue weighted by atomic mass is 9.92. The molecule has 2 N–H and O–H groups in total. The summed E-state index contributed by atoms with van der Waals surface area (Å²) in [5, 5.41) is 14.3. The number of Topliss-reactive ketones (excluding diaryl/α,β-unsaturated/α-hetero) is 1. The number of carbonyl (C=O) groups excluding carboxylic acids is 2. The van der Waals surface area contributed by atoms with E-state index in [-0.39, 0.29) is 11.3 Å². The monoisotopic (exact) mass is 454 g/mol. The number of hydrogen-bond acceptors (Lipinski definition) is 4. The molecule has 6 nitrogen and oxygen atoms in total. The number of carbonyl (C=O) groups is 2. The lowest BCUT2D eigenvalue weighted by Crippen LogP contribution is -2.31. The SMILES string of the molecule is COCCCN1C(=O)C(=O)/C(=C(/O)c2ccc3ccccc3c2)C1c1c(C)[nH]c2ccccc12. The predicted octanol–water partition coefficient (Wildman–Crippen LogP) is 5.09. The van der Waals surface area contributed by atoms with Gasteiger partial charge in [0.25, 0.3) is 11.7 Å². The van der Waals surface area contributed by atoms with Gasteiger partial charge in [-0.05, 0) is 36.2 Å². The Morgan fingerprint density at radius 2 is 1.76 bits per heavy atom. The molecular weight excluding hydrogens is 428 g/mol. The fourth-order valence-corrected chi connectivity index (χ4v) is 4.93. The Bertz CT molecular complexity index is 1450. The quantitative estimate of drug-likeness (QED) is 0.184. The van der Waals surface area contributed by atoms with Crippen molar-refractivity contribution < 1.29 is 19.4 Å². The highest BCUT2D eigenvalue weighted by atomic mass is 16.5. The molecule has 2 heterocycles. The molecule has 34 heavy (non-hydrogen) atoms. The summed E-state index contributed by atoms with van der Waals surface area (Å²) < 4.78 is 5.18. The van der Waals surface area contributed by atoms with Crippen molar-refractivity contribution in [3.8, 4) is 0 Å². The molecule has 4 aromatic rings. The van der Waals surface area contributed by atoms with Crippen LogP contribution >= 0.6 is 0 Å². The molecule has 0 saturated carbocycles. The van der Waals surface area contributed by atoms with E-state index in [1.165, 1.54) is 0 Å². The molecule has 1 atom stereocenters. The lowest BCUT2D eigenvalue weighted by molar-refractivity contribution is -0.140. The Morgan fingerprint density at radius 1 is 1.03 bits per heavy atom. The molecule has 0 spiro atoms. The number of likely N-dealkylation sites (tertiary alicyclic amines) is 1. The summed E-state index contributed by atoms with van der Waals surface area (Å²) in [6.45, 7) is 2.74. The van der Waals surface area contributed by atoms with Gasteiger partial charge in [-0.1, -0.05) is 54.6 Å². The van der Waals surface area contributed by atoms with Crippen LogP contribution in [0.4, 0.5) is 0 Å². The summed E-state index contributed by atoms with van der Waals surface area (Å²) in [6.07, 6.45) is 0.581. The third-order valence-electron chi connectivity index (χ3n) is 6.53. The second-order valence-electron chi connectivity index (χ2n) is 8.61. The van der Waals surface area contributed by atoms with E-state index in [1.54, 1.807) is 18.1 Å². The lowest BCUT2D eigenvalue weighted by Gasteiger charge is -2.25. The summed E-state index contributed by atoms with van der Waals surface area (Å²) in [6, 6.07) is 20.5. The molecule has 1 fully saturated rings. The Hall–Kier alpha value is -3.90. The van der Waals surface area contributed by atoms with Crippen LogP contribution in [0.3, 0.4) is 0 Å². The van der Waals surface area contributed by atoms with Crippen molar-refractivity contribution in [2.24, 2.45) is 0 Å². The van der Waals surface area contributed by atoms with E-state index in [4.69, 9.17) is 4.74 Å². The Labute approximate surface area is 197 Å². The summed E-state index contributed by atoms with van der Waals surface area (Å²) in [5.41, 5.74) is 3.23. The zero-order valence-corrected chi connectivity index (χ0v) is 19.2. The third kappa shape index (κ3) is 3.56. The number of ether oxygens (including phenoxy) is 1. The number of fused-ring (bicyclic) bond motifs is 2. The number of nitrogens with one attached hydrogen (secondary N) is 1. The minimum Gasteiger partial charge on any atom is -0.507 e. The van der Waals surface area contributed by atoms with Crippen LogP contribution in [0.15, 0.2) is 72.3 Å². The highest BCUT2D eigenvalue weighted by Crippen LogP contribution is 2.43. The number of aryl methyl sites for hydroxylation is 1. The maximum atomic E-state index is 13.3. The van der Waals surface area contributed by atoms with E-state index in [2.05, 4.69) is 4.98 Å². The number of aromatic amines is 1. The van der Waals surface area contributed by atoms with Crippen LogP contribution in [0.5, 0.6) is 0 Å². The Kier molecular flexibility index (Phi) is 5.67. The third-order valence-corrected chi connectivity index (χ3v) is 6.53. The molecule has 0 bridgehead atoms. The fraction of sp³-hybridized carbons (Fsp3) is 0.214. The highest BCUT2D eigenvalue weighted by Gasteiger charge is 2.47. The van der Waals surface area contributed by atoms with Crippen molar-refractivity contribution in [3.05, 3.63) is 89.1 Å². The average molecular weight is 455 g/mol. The average Bonchev–Trinajstić information content (AvgIpc) is 3.31. The number of H-pyrrole nitrogens is 1. The molecule has 1 aromatic heterocycles. The number of amides is 1. The van der Waals surface area contributed by atoms with Crippen LogP contribution in [0.25, 0.3) is 27.4 Å². The van der Waals surface area contributed by atoms with Crippen LogP contribution in [-0.4, -0.2) is 46.9 Å². The first-order chi connectivity index (χ1) is 16.5. The van der Waals surface area contributed by atoms with Crippen molar-refractivity contribution in [1.29, 1.82) is 0 Å². The van der Waals surface area contributed by atoms with Crippen LogP contribution in [-0.2, 0) is 14.3 Å². The number of nitrogens with zero attached hydrogens (tertiary/aromatic N) is 1. The molecule has 3 aromatic carbocycles. The van der Waals surface area contributed by atoms with Gasteiger partial charge in [0.05, 0.1) is 11.6 Å². The highest BCUT2D eigenvalue weighted by molar-refractivity contribution is 6.46. The zero-order chi connectivity index (χ0) is 23.8. The molecule has 6 heteroatoms. The molecule has 0 radical (unpaired) electrons. The Morgan fingerprint density at radius 3 is 2.56 bits per heavy atom. The number of aromatic nitrogens is 1. The Balaban J connectivity index is 1.72. The van der Waals surface area contributed by atoms with Crippen molar-refractivity contribution in [2.75, 3.05) is 20.3 Å². The van der Waals surface area contributed by atoms with E-state index < -0.39 is 17.7 Å². The van der Waals surface area contributed by atoms with Gasteiger partial charge in [0.1, 0.15) is 5.76 Å². The van der Waals surface area contributed by atoms with Crippen LogP contribution < -0.4 is 0 Å². The fourth-order valence-electron chi connectivity index (χ4n) is 4.93. The summed E-state index contributed by atoms with van der Waals surface area (Å²) >= 11 is 0. The molecule has 1 aliphatic heterocycles. The minimum absolute atomic E-state index is 0.116. The summed E-state index contributed by atoms with van der Waals surface area (Å²) in [4.78, 5) is 31.5. The van der Waals surface area contributed by atoms with Crippen molar-refractivity contribution in [1.82, 2.24) is 9.88 Å². The van der Waals surface area contributed by atoms with Gasteiger partial charge in [-0.2, -0.15) is 0 Å². The topological polar surface area (TPSA) is 82.6 Å². The van der Waals surface area contributed by atoms with Gasteiger partial charge in [-0.25, -0.2) is 0 Å². The molecule has 1 amide bonds. The maximum absolute atomic E-state index is 13.3. The predicted molar refractivity (Wildman–Crippen MR) is 132 cm³/mol. The van der Waals surface area contributed by atoms with Crippen LogP contribution in [0, 0.1) is 6.92 Å². The second kappa shape index (κ2) is 8.80. The maximum Gasteiger partial charge on any atom is 0.295 e. The van der Waals surface area contributed by atoms with Crippen molar-refractivity contribution in [2.45, 2.75) is 19.4 Å². The molecule has 1 saturated heterocycles. The van der Waals surface area contributed by atoms with Gasteiger partial charge in [0.15, 0.2) is 0 Å². The molecule has 172 valence electrons. The molecular formula is C28H26N2O4. The van der Waals surface area contributed by atoms with E-state index >= 15 is 0 Å². The van der Waals surface area contributed by atoms with Crippen molar-refractivity contribution >= 4 is 39.1 Å². The van der Waals surface area contributed by atoms with Gasteiger partial charge < -0.3 is 19.7 Å². The first-order valence-electron chi connectivity index (χ1n) is 11.3. The van der Waals surface area contributed by atoms with E-state index in [9.17, 15) is 14.7 Å². The largest absolute Gasteiger partial charge is 0.507 e. The summed E-state index contributed by atoms with van der Waals surface area (Å²) in [7, 11) is 1.61. The van der Waals surface area contributed by atoms with Gasteiger partial charge in [0, 0.05) is 48.0 Å². The molecule has 0 aliphatic carbocycles. The molecule has 1 aliphatic rings. The molecule has 5 rings (SSSR count). The number of rotatable bonds is 6. The number of benzene rings is 3. The number of aliphatic hydroxyl groups is 1. The number of ketones is 1. The van der Waals surface area contributed by atoms with E-state index in [0.717, 1.165) is 32.9 Å². The number of aliphatic hydroxyl groups excluding tert-OH is 1. The number of para-hydroxylation sites is 1. The standard InChI is InChI=1S/C28H26N2O4/c1-17-23(21-10-5-6-11-22(21)29-17)25-24(27(32)28(33)30(25)14-7-15-34-2)26(31)20-13-12-18-8-3-4-9-19(18)16-20/h3-6,8-13,16,25,29,31H,7,14-15H2,1-2H3/b26-24+. The molecule has 1 unspecified atom stereocenters. The van der Waals surface area contributed by atoms with Crippen molar-refractivity contribution in [3.63, 3.8) is 0 Å². The minimum atomic E-state index is -0.695. The van der Waals surface area contributed by atoms with Gasteiger partial charge in [-0.15, -0.1) is 0 Å². The van der Waals surface area contributed by atoms with Crippen LogP contribution in [0.1, 0.15) is 29.3 Å². The number of methoxy groups -OCH3 is 1. The summed E-state index contributed by atoms with van der Waals surface area (Å²) in [5.74, 6) is -1.43. The normalized spacial score (nSPS) is 17.8. The first kappa shape index (κ1) is 21.9. The smallest absolute Gasteiger partial charge is 0.295 e. The van der Waals surface area contributed by atoms with Gasteiger partial charge >= 0.3 is 0 Å². The van der Waals surface area contributed by atoms with Gasteiger partial charge in [-0.3, -0.25) is 9.59 Å². The van der Waals surface area contributed by atoms with Crippen LogP contribution in [0.2, 0.25) is 0 Å². The second-order valence-corrected chi connectivity index (χ2v) is 8.61. The zero-order valence-electron chi connectivity index (χ0n) is 19.2. The first-order valence-corrected chi connectivity index (χ1v) is 11.3. The van der Waals surface area contributed by atoms with E-state index in [1.807, 2.05) is 67.6 Å². The van der Waals surface area contributed by atoms with Gasteiger partial charge in [0.2, 0.25) is 0 Å². The number of hydrogen-bond donors (Lipinski definition) is 2. The van der Waals surface area contributed by atoms with E-state index in [0.29, 0.717) is 25.1 Å².